The number of halogens is 2. The van der Waals surface area contributed by atoms with Gasteiger partial charge in [-0.1, -0.05) is 23.2 Å². The van der Waals surface area contributed by atoms with E-state index in [0.29, 0.717) is 40.2 Å². The van der Waals surface area contributed by atoms with Crippen LogP contribution in [0.5, 0.6) is 5.75 Å². The SMILES string of the molecule is Cn1ncc(C#N)c1NC(=O)CCCOc1ccc(Cl)cc1Cl. The van der Waals surface area contributed by atoms with Gasteiger partial charge in [0.1, 0.15) is 23.2 Å². The minimum Gasteiger partial charge on any atom is -0.492 e. The molecule has 23 heavy (non-hydrogen) atoms. The van der Waals surface area contributed by atoms with E-state index < -0.39 is 0 Å². The summed E-state index contributed by atoms with van der Waals surface area (Å²) in [7, 11) is 1.65. The molecule has 0 saturated carbocycles. The summed E-state index contributed by atoms with van der Waals surface area (Å²) in [6.07, 6.45) is 2.16. The predicted octanol–water partition coefficient (Wildman–Crippen LogP) is 3.40. The molecule has 8 heteroatoms. The normalized spacial score (nSPS) is 10.2. The van der Waals surface area contributed by atoms with Gasteiger partial charge in [-0.25, -0.2) is 0 Å². The highest BCUT2D eigenvalue weighted by atomic mass is 35.5. The number of aromatic nitrogens is 2. The van der Waals surface area contributed by atoms with E-state index in [4.69, 9.17) is 33.2 Å². The molecule has 0 aliphatic carbocycles. The molecule has 0 atom stereocenters. The molecule has 0 aliphatic rings. The zero-order valence-electron chi connectivity index (χ0n) is 12.3. The third kappa shape index (κ3) is 4.62. The van der Waals surface area contributed by atoms with Gasteiger partial charge < -0.3 is 10.1 Å². The molecule has 1 aromatic carbocycles. The van der Waals surface area contributed by atoms with Gasteiger partial charge in [0, 0.05) is 18.5 Å². The Morgan fingerprint density at radius 1 is 1.48 bits per heavy atom. The van der Waals surface area contributed by atoms with Crippen molar-refractivity contribution < 1.29 is 9.53 Å². The Kier molecular flexibility index (Phi) is 5.85. The zero-order chi connectivity index (χ0) is 16.8. The van der Waals surface area contributed by atoms with Crippen molar-refractivity contribution >= 4 is 34.9 Å². The third-order valence-electron chi connectivity index (χ3n) is 3.02. The van der Waals surface area contributed by atoms with Crippen LogP contribution >= 0.6 is 23.2 Å². The molecule has 0 unspecified atom stereocenters. The van der Waals surface area contributed by atoms with E-state index in [1.807, 2.05) is 6.07 Å². The van der Waals surface area contributed by atoms with Crippen LogP contribution in [-0.4, -0.2) is 22.3 Å². The van der Waals surface area contributed by atoms with E-state index in [1.54, 1.807) is 25.2 Å². The summed E-state index contributed by atoms with van der Waals surface area (Å²) < 4.78 is 6.95. The average Bonchev–Trinajstić information content (AvgIpc) is 2.86. The van der Waals surface area contributed by atoms with Gasteiger partial charge >= 0.3 is 0 Å². The Labute approximate surface area is 143 Å². The first-order valence-corrected chi connectivity index (χ1v) is 7.56. The predicted molar refractivity (Wildman–Crippen MR) is 87.7 cm³/mol. The number of nitriles is 1. The molecule has 0 bridgehead atoms. The van der Waals surface area contributed by atoms with Crippen molar-refractivity contribution in [3.05, 3.63) is 40.0 Å². The molecule has 0 aliphatic heterocycles. The number of nitrogens with zero attached hydrogens (tertiary/aromatic N) is 3. The van der Waals surface area contributed by atoms with Crippen LogP contribution in [0.3, 0.4) is 0 Å². The lowest BCUT2D eigenvalue weighted by molar-refractivity contribution is -0.116. The Bertz CT molecular complexity index is 752. The second-order valence-electron chi connectivity index (χ2n) is 4.72. The van der Waals surface area contributed by atoms with Gasteiger partial charge in [-0.2, -0.15) is 10.4 Å². The van der Waals surface area contributed by atoms with Crippen LogP contribution in [0.4, 0.5) is 5.82 Å². The summed E-state index contributed by atoms with van der Waals surface area (Å²) in [6.45, 7) is 0.339. The molecule has 1 amide bonds. The van der Waals surface area contributed by atoms with Crippen LogP contribution in [0.2, 0.25) is 10.0 Å². The molecule has 2 rings (SSSR count). The van der Waals surface area contributed by atoms with Crippen LogP contribution in [0.15, 0.2) is 24.4 Å². The third-order valence-corrected chi connectivity index (χ3v) is 3.55. The number of benzene rings is 1. The lowest BCUT2D eigenvalue weighted by Gasteiger charge is -2.09. The Morgan fingerprint density at radius 3 is 2.96 bits per heavy atom. The summed E-state index contributed by atoms with van der Waals surface area (Å²) in [5.74, 6) is 0.699. The molecule has 1 N–H and O–H groups in total. The smallest absolute Gasteiger partial charge is 0.225 e. The number of ether oxygens (including phenoxy) is 1. The van der Waals surface area contributed by atoms with Crippen molar-refractivity contribution in [2.45, 2.75) is 12.8 Å². The average molecular weight is 353 g/mol. The van der Waals surface area contributed by atoms with Gasteiger partial charge in [0.05, 0.1) is 17.8 Å². The number of amides is 1. The van der Waals surface area contributed by atoms with Crippen molar-refractivity contribution in [3.63, 3.8) is 0 Å². The number of carbonyl (C=O) groups is 1. The van der Waals surface area contributed by atoms with Crippen molar-refractivity contribution in [1.82, 2.24) is 9.78 Å². The van der Waals surface area contributed by atoms with Crippen LogP contribution in [0.25, 0.3) is 0 Å². The molecule has 0 radical (unpaired) electrons. The number of anilines is 1. The molecular weight excluding hydrogens is 339 g/mol. The highest BCUT2D eigenvalue weighted by molar-refractivity contribution is 6.35. The number of aryl methyl sites for hydroxylation is 1. The molecular formula is C15H14Cl2N4O2. The van der Waals surface area contributed by atoms with E-state index in [2.05, 4.69) is 10.4 Å². The quantitative estimate of drug-likeness (QED) is 0.808. The fourth-order valence-electron chi connectivity index (χ4n) is 1.87. The van der Waals surface area contributed by atoms with E-state index in [1.165, 1.54) is 10.9 Å². The van der Waals surface area contributed by atoms with Crippen molar-refractivity contribution in [1.29, 1.82) is 5.26 Å². The largest absolute Gasteiger partial charge is 0.492 e. The Hall–Kier alpha value is -2.23. The first kappa shape index (κ1) is 17.1. The first-order valence-electron chi connectivity index (χ1n) is 6.81. The summed E-state index contributed by atoms with van der Waals surface area (Å²) in [5, 5.41) is 16.5. The minimum atomic E-state index is -0.212. The summed E-state index contributed by atoms with van der Waals surface area (Å²) in [6, 6.07) is 6.93. The zero-order valence-corrected chi connectivity index (χ0v) is 13.9. The fourth-order valence-corrected chi connectivity index (χ4v) is 2.33. The Morgan fingerprint density at radius 2 is 2.26 bits per heavy atom. The summed E-state index contributed by atoms with van der Waals surface area (Å²) in [5.41, 5.74) is 0.324. The maximum atomic E-state index is 11.9. The molecule has 0 saturated heterocycles. The number of hydrogen-bond acceptors (Lipinski definition) is 4. The number of carbonyl (C=O) groups excluding carboxylic acids is 1. The maximum Gasteiger partial charge on any atom is 0.225 e. The van der Waals surface area contributed by atoms with Crippen molar-refractivity contribution in [2.24, 2.45) is 7.05 Å². The van der Waals surface area contributed by atoms with E-state index in [9.17, 15) is 4.79 Å². The Balaban J connectivity index is 1.79. The molecule has 1 aromatic heterocycles. The number of hydrogen-bond donors (Lipinski definition) is 1. The van der Waals surface area contributed by atoms with Gasteiger partial charge in [-0.05, 0) is 24.6 Å². The van der Waals surface area contributed by atoms with Gasteiger partial charge in [-0.3, -0.25) is 9.48 Å². The van der Waals surface area contributed by atoms with Gasteiger partial charge in [-0.15, -0.1) is 0 Å². The van der Waals surface area contributed by atoms with Gasteiger partial charge in [0.15, 0.2) is 0 Å². The number of nitrogens with one attached hydrogen (secondary N) is 1. The van der Waals surface area contributed by atoms with Gasteiger partial charge in [0.25, 0.3) is 0 Å². The summed E-state index contributed by atoms with van der Waals surface area (Å²) in [4.78, 5) is 11.9. The topological polar surface area (TPSA) is 79.9 Å². The molecule has 120 valence electrons. The number of rotatable bonds is 6. The van der Waals surface area contributed by atoms with Crippen molar-refractivity contribution in [2.75, 3.05) is 11.9 Å². The standard InChI is InChI=1S/C15H14Cl2N4O2/c1-21-15(10(8-18)9-19-21)20-14(22)3-2-6-23-13-5-4-11(16)7-12(13)17/h4-5,7,9H,2-3,6H2,1H3,(H,20,22). The van der Waals surface area contributed by atoms with E-state index in [-0.39, 0.29) is 12.3 Å². The molecule has 0 fully saturated rings. The monoisotopic (exact) mass is 352 g/mol. The van der Waals surface area contributed by atoms with Crippen LogP contribution in [-0.2, 0) is 11.8 Å². The molecule has 2 aromatic rings. The highest BCUT2D eigenvalue weighted by Gasteiger charge is 2.11. The van der Waals surface area contributed by atoms with E-state index >= 15 is 0 Å². The maximum absolute atomic E-state index is 11.9. The fraction of sp³-hybridized carbons (Fsp3) is 0.267. The van der Waals surface area contributed by atoms with Crippen LogP contribution in [0, 0.1) is 11.3 Å². The van der Waals surface area contributed by atoms with Crippen molar-refractivity contribution in [3.8, 4) is 11.8 Å². The van der Waals surface area contributed by atoms with Crippen LogP contribution in [0.1, 0.15) is 18.4 Å². The molecule has 6 nitrogen and oxygen atoms in total. The molecule has 0 spiro atoms. The summed E-state index contributed by atoms with van der Waals surface area (Å²) >= 11 is 11.8. The minimum absolute atomic E-state index is 0.212. The highest BCUT2D eigenvalue weighted by Crippen LogP contribution is 2.27. The second kappa shape index (κ2) is 7.86. The van der Waals surface area contributed by atoms with E-state index in [0.717, 1.165) is 0 Å². The van der Waals surface area contributed by atoms with Gasteiger partial charge in [0.2, 0.25) is 5.91 Å². The molecule has 1 heterocycles. The second-order valence-corrected chi connectivity index (χ2v) is 5.56. The lowest BCUT2D eigenvalue weighted by Crippen LogP contribution is -2.16. The first-order chi connectivity index (χ1) is 11.0. The lowest BCUT2D eigenvalue weighted by atomic mass is 10.3. The van der Waals surface area contributed by atoms with Crippen LogP contribution < -0.4 is 10.1 Å².